The van der Waals surface area contributed by atoms with Gasteiger partial charge in [-0.1, -0.05) is 274 Å². The Balaban J connectivity index is 4.16. The van der Waals surface area contributed by atoms with Gasteiger partial charge in [0.25, 0.3) is 0 Å². The standard InChI is InChI=1S/C76H124NO8P/c1-6-8-10-12-14-16-18-20-22-24-26-28-30-32-33-34-35-36-37-38-39-40-41-42-43-45-47-49-51-53-55-57-59-61-63-65-67-69-76(79)85-74(73-84-86(80,81)83-71-70-77(3,4)5)72-82-75(78)68-66-64-62-60-58-56-54-52-50-48-46-44-31-29-27-25-23-21-19-17-15-13-11-9-7-2/h8-11,14-17,20-23,26-29,32-33,35-36,38-39,41-42,44-47,74H,6-7,12-13,18-19,24-25,30-31,34,37,40,43,48-73H2,1-5H3/p+1/b10-8-,11-9-,16-14-,17-15-,22-20-,23-21-,28-26-,29-27-,33-32-,36-35-,39-38-,42-41-,46-44-,47-45-. The number of quaternary nitrogens is 1. The zero-order valence-electron chi connectivity index (χ0n) is 55.2. The number of allylic oxidation sites excluding steroid dienone is 28. The van der Waals surface area contributed by atoms with Crippen LogP contribution in [0.3, 0.4) is 0 Å². The number of hydrogen-bond acceptors (Lipinski definition) is 7. The van der Waals surface area contributed by atoms with Crippen LogP contribution >= 0.6 is 7.82 Å². The third kappa shape index (κ3) is 68.5. The molecule has 0 rings (SSSR count). The van der Waals surface area contributed by atoms with E-state index < -0.39 is 26.5 Å². The van der Waals surface area contributed by atoms with Crippen LogP contribution in [0.15, 0.2) is 170 Å². The van der Waals surface area contributed by atoms with Crippen LogP contribution in [0.25, 0.3) is 0 Å². The SMILES string of the molecule is CC/C=C\C/C=C\C/C=C\C/C=C\C/C=C\C/C=C\C/C=C\C/C=C\C/C=C\CCCCCCCCCCCC(=O)OC(COC(=O)CCCCCCCCCCC/C=C\C/C=C\C/C=C\C/C=C\C/C=C\CC)COP(=O)(O)OCC[N+](C)(C)C. The molecule has 0 bridgehead atoms. The third-order valence-electron chi connectivity index (χ3n) is 13.7. The second-order valence-corrected chi connectivity index (χ2v) is 24.5. The van der Waals surface area contributed by atoms with Crippen molar-refractivity contribution in [3.05, 3.63) is 170 Å². The van der Waals surface area contributed by atoms with Crippen molar-refractivity contribution in [1.29, 1.82) is 0 Å². The van der Waals surface area contributed by atoms with Gasteiger partial charge in [-0.2, -0.15) is 0 Å². The lowest BCUT2D eigenvalue weighted by molar-refractivity contribution is -0.870. The summed E-state index contributed by atoms with van der Waals surface area (Å²) in [5, 5.41) is 0. The molecule has 0 radical (unpaired) electrons. The summed E-state index contributed by atoms with van der Waals surface area (Å²) in [6.07, 6.45) is 98.6. The Labute approximate surface area is 528 Å². The van der Waals surface area contributed by atoms with Crippen molar-refractivity contribution in [3.63, 3.8) is 0 Å². The Morgan fingerprint density at radius 3 is 0.930 bits per heavy atom. The highest BCUT2D eigenvalue weighted by atomic mass is 31.2. The van der Waals surface area contributed by atoms with Gasteiger partial charge in [-0.05, 0) is 128 Å². The third-order valence-corrected chi connectivity index (χ3v) is 14.7. The number of likely N-dealkylation sites (N-methyl/N-ethyl adjacent to an activating group) is 1. The van der Waals surface area contributed by atoms with Crippen LogP contribution in [-0.4, -0.2) is 74.9 Å². The Bertz CT molecular complexity index is 2060. The molecule has 2 atom stereocenters. The molecule has 0 fully saturated rings. The van der Waals surface area contributed by atoms with E-state index in [1.54, 1.807) is 0 Å². The highest BCUT2D eigenvalue weighted by molar-refractivity contribution is 7.47. The lowest BCUT2D eigenvalue weighted by Crippen LogP contribution is -2.37. The second kappa shape index (κ2) is 64.8. The number of carbonyl (C=O) groups excluding carboxylic acids is 2. The van der Waals surface area contributed by atoms with E-state index >= 15 is 0 Å². The number of nitrogens with zero attached hydrogens (tertiary/aromatic N) is 1. The average molecular weight is 1210 g/mol. The molecule has 0 saturated heterocycles. The highest BCUT2D eigenvalue weighted by Gasteiger charge is 2.27. The summed E-state index contributed by atoms with van der Waals surface area (Å²) >= 11 is 0. The van der Waals surface area contributed by atoms with Gasteiger partial charge in [0.1, 0.15) is 19.8 Å². The van der Waals surface area contributed by atoms with Crippen LogP contribution in [0.5, 0.6) is 0 Å². The van der Waals surface area contributed by atoms with Crippen LogP contribution in [-0.2, 0) is 32.7 Å². The monoisotopic (exact) mass is 1210 g/mol. The molecule has 10 heteroatoms. The Kier molecular flexibility index (Phi) is 61.3. The van der Waals surface area contributed by atoms with E-state index in [4.69, 9.17) is 18.5 Å². The minimum Gasteiger partial charge on any atom is -0.462 e. The van der Waals surface area contributed by atoms with E-state index in [1.807, 2.05) is 21.1 Å². The molecule has 0 aliphatic carbocycles. The average Bonchev–Trinajstić information content (AvgIpc) is 3.67. The minimum atomic E-state index is -4.41. The molecule has 486 valence electrons. The Hall–Kier alpha value is -4.63. The predicted molar refractivity (Wildman–Crippen MR) is 371 cm³/mol. The largest absolute Gasteiger partial charge is 0.472 e. The summed E-state index contributed by atoms with van der Waals surface area (Å²) in [5.41, 5.74) is 0. The molecular formula is C76H125NO8P+. The lowest BCUT2D eigenvalue weighted by Gasteiger charge is -2.24. The highest BCUT2D eigenvalue weighted by Crippen LogP contribution is 2.43. The molecule has 0 saturated carbocycles. The Morgan fingerprint density at radius 2 is 0.628 bits per heavy atom. The maximum Gasteiger partial charge on any atom is 0.472 e. The van der Waals surface area contributed by atoms with Crippen molar-refractivity contribution < 1.29 is 42.1 Å². The summed E-state index contributed by atoms with van der Waals surface area (Å²) in [7, 11) is 1.45. The van der Waals surface area contributed by atoms with Crippen LogP contribution in [0, 0.1) is 0 Å². The molecule has 0 spiro atoms. The second-order valence-electron chi connectivity index (χ2n) is 23.1. The molecule has 0 aromatic carbocycles. The summed E-state index contributed by atoms with van der Waals surface area (Å²) in [5.74, 6) is -0.821. The van der Waals surface area contributed by atoms with E-state index in [0.29, 0.717) is 17.4 Å². The molecule has 0 heterocycles. The Morgan fingerprint density at radius 1 is 0.360 bits per heavy atom. The zero-order valence-corrected chi connectivity index (χ0v) is 56.1. The fraction of sp³-hybridized carbons (Fsp3) is 0.605. The molecule has 9 nitrogen and oxygen atoms in total. The van der Waals surface area contributed by atoms with Crippen molar-refractivity contribution >= 4 is 19.8 Å². The first kappa shape index (κ1) is 81.4. The van der Waals surface area contributed by atoms with E-state index in [0.717, 1.165) is 148 Å². The van der Waals surface area contributed by atoms with E-state index in [9.17, 15) is 19.0 Å². The van der Waals surface area contributed by atoms with Gasteiger partial charge in [-0.15, -0.1) is 0 Å². The van der Waals surface area contributed by atoms with E-state index in [1.165, 1.54) is 64.2 Å². The van der Waals surface area contributed by atoms with Crippen molar-refractivity contribution in [1.82, 2.24) is 0 Å². The molecule has 86 heavy (non-hydrogen) atoms. The molecule has 0 aromatic rings. The molecule has 1 N–H and O–H groups in total. The molecule has 0 aliphatic heterocycles. The first-order valence-electron chi connectivity index (χ1n) is 33.9. The summed E-state index contributed by atoms with van der Waals surface area (Å²) in [6, 6.07) is 0. The topological polar surface area (TPSA) is 108 Å². The van der Waals surface area contributed by atoms with Crippen molar-refractivity contribution in [2.24, 2.45) is 0 Å². The number of carbonyl (C=O) groups is 2. The summed E-state index contributed by atoms with van der Waals surface area (Å²) in [4.78, 5) is 35.9. The van der Waals surface area contributed by atoms with Crippen LogP contribution < -0.4 is 0 Å². The number of phosphoric ester groups is 1. The fourth-order valence-corrected chi connectivity index (χ4v) is 9.36. The summed E-state index contributed by atoms with van der Waals surface area (Å²) < 4.78 is 34.7. The molecule has 2 unspecified atom stereocenters. The van der Waals surface area contributed by atoms with Gasteiger partial charge >= 0.3 is 19.8 Å². The number of rotatable bonds is 60. The smallest absolute Gasteiger partial charge is 0.462 e. The first-order valence-corrected chi connectivity index (χ1v) is 35.4. The normalized spacial score (nSPS) is 14.3. The number of unbranched alkanes of at least 4 members (excludes halogenated alkanes) is 18. The maximum atomic E-state index is 12.9. The van der Waals surface area contributed by atoms with Gasteiger partial charge in [0.05, 0.1) is 27.7 Å². The zero-order chi connectivity index (χ0) is 62.6. The molecule has 0 aliphatic rings. The number of esters is 2. The number of ether oxygens (including phenoxy) is 2. The van der Waals surface area contributed by atoms with Gasteiger partial charge in [0.2, 0.25) is 0 Å². The van der Waals surface area contributed by atoms with Gasteiger partial charge in [-0.25, -0.2) is 4.57 Å². The minimum absolute atomic E-state index is 0.0204. The van der Waals surface area contributed by atoms with Gasteiger partial charge in [0, 0.05) is 12.8 Å². The predicted octanol–water partition coefficient (Wildman–Crippen LogP) is 22.2. The number of hydrogen-bond donors (Lipinski definition) is 1. The fourth-order valence-electron chi connectivity index (χ4n) is 8.62. The van der Waals surface area contributed by atoms with Gasteiger partial charge in [-0.3, -0.25) is 18.6 Å². The van der Waals surface area contributed by atoms with Crippen LogP contribution in [0.2, 0.25) is 0 Å². The molecule has 0 amide bonds. The summed E-state index contributed by atoms with van der Waals surface area (Å²) in [6.45, 7) is 4.18. The van der Waals surface area contributed by atoms with Crippen molar-refractivity contribution in [3.8, 4) is 0 Å². The van der Waals surface area contributed by atoms with Gasteiger partial charge in [0.15, 0.2) is 6.10 Å². The number of phosphoric acid groups is 1. The van der Waals surface area contributed by atoms with E-state index in [-0.39, 0.29) is 32.0 Å². The van der Waals surface area contributed by atoms with Gasteiger partial charge < -0.3 is 18.9 Å². The maximum absolute atomic E-state index is 12.9. The lowest BCUT2D eigenvalue weighted by atomic mass is 10.1. The van der Waals surface area contributed by atoms with Crippen molar-refractivity contribution in [2.75, 3.05) is 47.5 Å². The van der Waals surface area contributed by atoms with Crippen molar-refractivity contribution in [2.45, 2.75) is 251 Å². The van der Waals surface area contributed by atoms with Crippen LogP contribution in [0.4, 0.5) is 0 Å². The first-order chi connectivity index (χ1) is 42.0. The van der Waals surface area contributed by atoms with E-state index in [2.05, 4.69) is 184 Å². The van der Waals surface area contributed by atoms with Crippen LogP contribution in [0.1, 0.15) is 245 Å². The molecular weight excluding hydrogens is 1090 g/mol. The quantitative estimate of drug-likeness (QED) is 0.0211. The molecule has 0 aromatic heterocycles.